The number of rotatable bonds is 3. The normalized spacial score (nSPS) is 10.8. The van der Waals surface area contributed by atoms with E-state index >= 15 is 0 Å². The summed E-state index contributed by atoms with van der Waals surface area (Å²) in [5.74, 6) is 0. The molecule has 3 heterocycles. The topological polar surface area (TPSA) is 66.5 Å². The summed E-state index contributed by atoms with van der Waals surface area (Å²) >= 11 is 1.49. The van der Waals surface area contributed by atoms with Crippen LogP contribution >= 0.6 is 11.3 Å². The Labute approximate surface area is 95.6 Å². The maximum absolute atomic E-state index is 4.24. The lowest BCUT2D eigenvalue weighted by Crippen LogP contribution is -1.97. The van der Waals surface area contributed by atoms with Crippen molar-refractivity contribution in [1.82, 2.24) is 20.2 Å². The first-order valence-corrected chi connectivity index (χ1v) is 5.72. The number of hydrogen-bond donors (Lipinski definition) is 2. The molecule has 0 saturated carbocycles. The Morgan fingerprint density at radius 1 is 1.44 bits per heavy atom. The first kappa shape index (κ1) is 9.29. The van der Waals surface area contributed by atoms with Gasteiger partial charge in [0.1, 0.15) is 11.2 Å². The third-order valence-electron chi connectivity index (χ3n) is 2.33. The molecule has 0 spiro atoms. The summed E-state index contributed by atoms with van der Waals surface area (Å²) in [4.78, 5) is 7.37. The molecule has 3 aromatic heterocycles. The van der Waals surface area contributed by atoms with E-state index in [9.17, 15) is 0 Å². The molecule has 0 unspecified atom stereocenters. The largest absolute Gasteiger partial charge is 0.356 e. The van der Waals surface area contributed by atoms with Gasteiger partial charge < -0.3 is 10.3 Å². The lowest BCUT2D eigenvalue weighted by atomic mass is 10.2. The van der Waals surface area contributed by atoms with Crippen LogP contribution in [0.15, 0.2) is 30.0 Å². The fourth-order valence-corrected chi connectivity index (χ4v) is 2.02. The van der Waals surface area contributed by atoms with Crippen LogP contribution in [0.2, 0.25) is 0 Å². The third kappa shape index (κ3) is 1.63. The van der Waals surface area contributed by atoms with Gasteiger partial charge in [0.2, 0.25) is 5.13 Å². The molecule has 0 bridgehead atoms. The number of pyridine rings is 1. The Morgan fingerprint density at radius 3 is 3.31 bits per heavy atom. The summed E-state index contributed by atoms with van der Waals surface area (Å²) in [6, 6.07) is 3.99. The van der Waals surface area contributed by atoms with Crippen molar-refractivity contribution in [3.63, 3.8) is 0 Å². The summed E-state index contributed by atoms with van der Waals surface area (Å²) in [5.41, 5.74) is 3.80. The van der Waals surface area contributed by atoms with Crippen molar-refractivity contribution in [1.29, 1.82) is 0 Å². The van der Waals surface area contributed by atoms with Crippen molar-refractivity contribution < 1.29 is 0 Å². The molecule has 0 saturated heterocycles. The van der Waals surface area contributed by atoms with Crippen molar-refractivity contribution in [3.8, 4) is 0 Å². The van der Waals surface area contributed by atoms with E-state index in [0.29, 0.717) is 0 Å². The van der Waals surface area contributed by atoms with Crippen LogP contribution in [0.1, 0.15) is 5.56 Å². The lowest BCUT2D eigenvalue weighted by molar-refractivity contribution is 1.05. The number of hydrogen-bond acceptors (Lipinski definition) is 5. The summed E-state index contributed by atoms with van der Waals surface area (Å²) in [5, 5.41) is 12.9. The van der Waals surface area contributed by atoms with E-state index in [-0.39, 0.29) is 0 Å². The van der Waals surface area contributed by atoms with E-state index in [1.165, 1.54) is 16.9 Å². The van der Waals surface area contributed by atoms with Crippen LogP contribution in [0.4, 0.5) is 5.13 Å². The van der Waals surface area contributed by atoms with Gasteiger partial charge in [-0.25, -0.2) is 4.98 Å². The molecular weight excluding hydrogens is 222 g/mol. The van der Waals surface area contributed by atoms with Gasteiger partial charge in [0.25, 0.3) is 0 Å². The van der Waals surface area contributed by atoms with Crippen LogP contribution in [0, 0.1) is 0 Å². The van der Waals surface area contributed by atoms with Crippen LogP contribution in [0.5, 0.6) is 0 Å². The molecule has 0 aliphatic heterocycles. The van der Waals surface area contributed by atoms with Crippen molar-refractivity contribution in [2.24, 2.45) is 0 Å². The molecule has 0 aliphatic rings. The number of anilines is 1. The maximum atomic E-state index is 4.24. The quantitative estimate of drug-likeness (QED) is 0.723. The molecule has 3 rings (SSSR count). The van der Waals surface area contributed by atoms with E-state index in [1.807, 2.05) is 12.3 Å². The number of nitrogens with zero attached hydrogens (tertiary/aromatic N) is 3. The van der Waals surface area contributed by atoms with Gasteiger partial charge in [-0.05, 0) is 17.7 Å². The maximum Gasteiger partial charge on any atom is 0.205 e. The highest BCUT2D eigenvalue weighted by molar-refractivity contribution is 7.13. The first-order chi connectivity index (χ1) is 7.93. The second-order valence-electron chi connectivity index (χ2n) is 3.31. The second kappa shape index (κ2) is 3.90. The fourth-order valence-electron chi connectivity index (χ4n) is 1.58. The van der Waals surface area contributed by atoms with Gasteiger partial charge in [0.15, 0.2) is 0 Å². The van der Waals surface area contributed by atoms with Crippen LogP contribution in [-0.4, -0.2) is 20.2 Å². The highest BCUT2D eigenvalue weighted by Gasteiger charge is 2.04. The smallest absolute Gasteiger partial charge is 0.205 e. The molecule has 0 aromatic carbocycles. The number of nitrogens with one attached hydrogen (secondary N) is 2. The molecule has 0 aliphatic carbocycles. The molecular formula is C10H9N5S. The minimum Gasteiger partial charge on any atom is -0.356 e. The zero-order valence-electron chi connectivity index (χ0n) is 8.34. The van der Waals surface area contributed by atoms with Gasteiger partial charge in [0.05, 0.1) is 0 Å². The molecule has 0 atom stereocenters. The van der Waals surface area contributed by atoms with Gasteiger partial charge in [-0.3, -0.25) is 0 Å². The minimum absolute atomic E-state index is 0.723. The molecule has 3 aromatic rings. The number of H-pyrrole nitrogens is 1. The molecule has 16 heavy (non-hydrogen) atoms. The Balaban J connectivity index is 1.84. The molecule has 80 valence electrons. The van der Waals surface area contributed by atoms with Crippen LogP contribution in [0.3, 0.4) is 0 Å². The van der Waals surface area contributed by atoms with Crippen molar-refractivity contribution in [2.45, 2.75) is 6.54 Å². The second-order valence-corrected chi connectivity index (χ2v) is 4.14. The van der Waals surface area contributed by atoms with Gasteiger partial charge in [-0.15, -0.1) is 10.2 Å². The molecule has 5 nitrogen and oxygen atoms in total. The highest BCUT2D eigenvalue weighted by Crippen LogP contribution is 2.17. The molecule has 0 amide bonds. The van der Waals surface area contributed by atoms with Crippen LogP contribution < -0.4 is 5.32 Å². The SMILES string of the molecule is c1cnc2[nH]cc(CNc3nncs3)c2c1. The lowest BCUT2D eigenvalue weighted by Gasteiger charge is -1.99. The van der Waals surface area contributed by atoms with Gasteiger partial charge >= 0.3 is 0 Å². The van der Waals surface area contributed by atoms with Gasteiger partial charge in [0, 0.05) is 24.3 Å². The summed E-state index contributed by atoms with van der Waals surface area (Å²) in [6.45, 7) is 0.723. The number of aromatic amines is 1. The highest BCUT2D eigenvalue weighted by atomic mass is 32.1. The predicted molar refractivity (Wildman–Crippen MR) is 63.3 cm³/mol. The Morgan fingerprint density at radius 2 is 2.44 bits per heavy atom. The molecule has 0 radical (unpaired) electrons. The van der Waals surface area contributed by atoms with E-state index in [0.717, 1.165) is 22.7 Å². The summed E-state index contributed by atoms with van der Waals surface area (Å²) in [7, 11) is 0. The molecule has 2 N–H and O–H groups in total. The fraction of sp³-hybridized carbons (Fsp3) is 0.100. The molecule has 6 heteroatoms. The van der Waals surface area contributed by atoms with Gasteiger partial charge in [-0.2, -0.15) is 0 Å². The van der Waals surface area contributed by atoms with Crippen molar-refractivity contribution >= 4 is 27.5 Å². The summed E-state index contributed by atoms with van der Waals surface area (Å²) in [6.07, 6.45) is 3.74. The van der Waals surface area contributed by atoms with Gasteiger partial charge in [-0.1, -0.05) is 11.3 Å². The first-order valence-electron chi connectivity index (χ1n) is 4.84. The Hall–Kier alpha value is -1.95. The van der Waals surface area contributed by atoms with Crippen LogP contribution in [-0.2, 0) is 6.54 Å². The average molecular weight is 231 g/mol. The van der Waals surface area contributed by atoms with E-state index in [1.54, 1.807) is 11.7 Å². The van der Waals surface area contributed by atoms with E-state index in [2.05, 4.69) is 31.5 Å². The predicted octanol–water partition coefficient (Wildman–Crippen LogP) is 2.03. The number of fused-ring (bicyclic) bond motifs is 1. The Kier molecular flexibility index (Phi) is 2.26. The molecule has 0 fully saturated rings. The monoisotopic (exact) mass is 231 g/mol. The zero-order chi connectivity index (χ0) is 10.8. The summed E-state index contributed by atoms with van der Waals surface area (Å²) < 4.78 is 0. The van der Waals surface area contributed by atoms with Crippen molar-refractivity contribution in [3.05, 3.63) is 35.6 Å². The number of aromatic nitrogens is 4. The van der Waals surface area contributed by atoms with Crippen molar-refractivity contribution in [2.75, 3.05) is 5.32 Å². The Bertz CT molecular complexity index is 586. The zero-order valence-corrected chi connectivity index (χ0v) is 9.16. The van der Waals surface area contributed by atoms with E-state index in [4.69, 9.17) is 0 Å². The minimum atomic E-state index is 0.723. The van der Waals surface area contributed by atoms with Crippen LogP contribution in [0.25, 0.3) is 11.0 Å². The average Bonchev–Trinajstić information content (AvgIpc) is 2.96. The standard InChI is InChI=1S/C10H9N5S/c1-2-8-7(4-12-9(8)11-3-1)5-13-10-15-14-6-16-10/h1-4,6H,5H2,(H,11,12)(H,13,15). The van der Waals surface area contributed by atoms with E-state index < -0.39 is 0 Å². The third-order valence-corrected chi connectivity index (χ3v) is 2.98.